The standard InChI is InChI=1S/C16H12F2N2OS2/c1-9(10-2-3-12(17)13(18)6-10)19-15(21)14-8-23-16(20-14)11-4-5-22-7-11/h2-9H,1H3,(H,19,21). The van der Waals surface area contributed by atoms with Crippen molar-refractivity contribution in [2.75, 3.05) is 0 Å². The molecule has 118 valence electrons. The molecule has 23 heavy (non-hydrogen) atoms. The van der Waals surface area contributed by atoms with Gasteiger partial charge in [0.1, 0.15) is 10.7 Å². The van der Waals surface area contributed by atoms with Gasteiger partial charge in [-0.25, -0.2) is 13.8 Å². The van der Waals surface area contributed by atoms with Crippen molar-refractivity contribution in [1.29, 1.82) is 0 Å². The fraction of sp³-hybridized carbons (Fsp3) is 0.125. The molecule has 1 aromatic carbocycles. The summed E-state index contributed by atoms with van der Waals surface area (Å²) < 4.78 is 26.2. The number of thiazole rings is 1. The predicted molar refractivity (Wildman–Crippen MR) is 87.7 cm³/mol. The molecule has 1 N–H and O–H groups in total. The monoisotopic (exact) mass is 350 g/mol. The summed E-state index contributed by atoms with van der Waals surface area (Å²) >= 11 is 2.95. The Morgan fingerprint density at radius 2 is 2.04 bits per heavy atom. The lowest BCUT2D eigenvalue weighted by Crippen LogP contribution is -2.27. The number of aromatic nitrogens is 1. The zero-order valence-corrected chi connectivity index (χ0v) is 13.7. The van der Waals surface area contributed by atoms with Crippen molar-refractivity contribution in [3.05, 3.63) is 63.3 Å². The van der Waals surface area contributed by atoms with Crippen LogP contribution in [0.1, 0.15) is 29.0 Å². The summed E-state index contributed by atoms with van der Waals surface area (Å²) in [6.45, 7) is 1.71. The average Bonchev–Trinajstić information content (AvgIpc) is 3.20. The summed E-state index contributed by atoms with van der Waals surface area (Å²) in [5.41, 5.74) is 1.78. The van der Waals surface area contributed by atoms with Crippen molar-refractivity contribution in [3.8, 4) is 10.6 Å². The van der Waals surface area contributed by atoms with Gasteiger partial charge in [-0.2, -0.15) is 11.3 Å². The predicted octanol–water partition coefficient (Wildman–Crippen LogP) is 4.64. The molecule has 0 spiro atoms. The van der Waals surface area contributed by atoms with Gasteiger partial charge in [0.2, 0.25) is 0 Å². The van der Waals surface area contributed by atoms with E-state index >= 15 is 0 Å². The average molecular weight is 350 g/mol. The quantitative estimate of drug-likeness (QED) is 0.745. The van der Waals surface area contributed by atoms with E-state index in [9.17, 15) is 13.6 Å². The Hall–Kier alpha value is -2.12. The van der Waals surface area contributed by atoms with Gasteiger partial charge in [-0.05, 0) is 36.1 Å². The minimum atomic E-state index is -0.933. The van der Waals surface area contributed by atoms with Gasteiger partial charge in [0.05, 0.1) is 6.04 Å². The number of hydrogen-bond donors (Lipinski definition) is 1. The number of benzene rings is 1. The molecular weight excluding hydrogens is 338 g/mol. The summed E-state index contributed by atoms with van der Waals surface area (Å²) in [4.78, 5) is 16.5. The van der Waals surface area contributed by atoms with Gasteiger partial charge in [-0.1, -0.05) is 6.07 Å². The molecule has 0 bridgehead atoms. The van der Waals surface area contributed by atoms with Crippen LogP contribution in [0.5, 0.6) is 0 Å². The molecular formula is C16H12F2N2OS2. The molecule has 3 nitrogen and oxygen atoms in total. The van der Waals surface area contributed by atoms with Crippen LogP contribution in [0.3, 0.4) is 0 Å². The summed E-state index contributed by atoms with van der Waals surface area (Å²) in [6.07, 6.45) is 0. The van der Waals surface area contributed by atoms with Crippen LogP contribution in [0.4, 0.5) is 8.78 Å². The van der Waals surface area contributed by atoms with Gasteiger partial charge in [0.15, 0.2) is 11.6 Å². The highest BCUT2D eigenvalue weighted by Crippen LogP contribution is 2.26. The summed E-state index contributed by atoms with van der Waals surface area (Å²) in [5, 5.41) is 9.10. The van der Waals surface area contributed by atoms with Crippen molar-refractivity contribution in [2.24, 2.45) is 0 Å². The number of nitrogens with one attached hydrogen (secondary N) is 1. The Morgan fingerprint density at radius 1 is 1.22 bits per heavy atom. The number of thiophene rings is 1. The number of carbonyl (C=O) groups is 1. The first kappa shape index (κ1) is 15.8. The molecule has 1 unspecified atom stereocenters. The van der Waals surface area contributed by atoms with Crippen LogP contribution in [0, 0.1) is 11.6 Å². The minimum Gasteiger partial charge on any atom is -0.344 e. The second kappa shape index (κ2) is 6.55. The van der Waals surface area contributed by atoms with Crippen LogP contribution >= 0.6 is 22.7 Å². The van der Waals surface area contributed by atoms with Gasteiger partial charge >= 0.3 is 0 Å². The third kappa shape index (κ3) is 3.46. The first-order valence-electron chi connectivity index (χ1n) is 6.78. The molecule has 2 heterocycles. The van der Waals surface area contributed by atoms with Gasteiger partial charge in [-0.15, -0.1) is 11.3 Å². The lowest BCUT2D eigenvalue weighted by Gasteiger charge is -2.13. The van der Waals surface area contributed by atoms with Gasteiger partial charge < -0.3 is 5.32 Å². The third-order valence-electron chi connectivity index (χ3n) is 3.30. The van der Waals surface area contributed by atoms with Crippen molar-refractivity contribution in [1.82, 2.24) is 10.3 Å². The highest BCUT2D eigenvalue weighted by atomic mass is 32.1. The van der Waals surface area contributed by atoms with E-state index in [1.807, 2.05) is 16.8 Å². The van der Waals surface area contributed by atoms with E-state index in [4.69, 9.17) is 0 Å². The Labute approximate surface area is 139 Å². The smallest absolute Gasteiger partial charge is 0.271 e. The fourth-order valence-corrected chi connectivity index (χ4v) is 3.54. The lowest BCUT2D eigenvalue weighted by atomic mass is 10.1. The molecule has 3 rings (SSSR count). The number of hydrogen-bond acceptors (Lipinski definition) is 4. The number of amides is 1. The van der Waals surface area contributed by atoms with E-state index in [0.717, 1.165) is 22.7 Å². The maximum atomic E-state index is 13.3. The van der Waals surface area contributed by atoms with Crippen molar-refractivity contribution < 1.29 is 13.6 Å². The molecule has 3 aromatic rings. The Morgan fingerprint density at radius 3 is 2.74 bits per heavy atom. The van der Waals surface area contributed by atoms with Crippen LogP contribution in [-0.4, -0.2) is 10.9 Å². The first-order chi connectivity index (χ1) is 11.0. The minimum absolute atomic E-state index is 0.311. The second-order valence-corrected chi connectivity index (χ2v) is 6.56. The van der Waals surface area contributed by atoms with Gasteiger partial charge in [-0.3, -0.25) is 4.79 Å². The van der Waals surface area contributed by atoms with Crippen LogP contribution in [0.15, 0.2) is 40.4 Å². The number of nitrogens with zero attached hydrogens (tertiary/aromatic N) is 1. The summed E-state index contributed by atoms with van der Waals surface area (Å²) in [6, 6.07) is 5.06. The molecule has 0 aliphatic carbocycles. The zero-order chi connectivity index (χ0) is 16.4. The molecule has 2 aromatic heterocycles. The van der Waals surface area contributed by atoms with Gasteiger partial charge in [0, 0.05) is 16.3 Å². The van der Waals surface area contributed by atoms with Crippen LogP contribution < -0.4 is 5.32 Å². The Bertz CT molecular complexity index is 830. The van der Waals surface area contributed by atoms with Crippen molar-refractivity contribution in [2.45, 2.75) is 13.0 Å². The zero-order valence-electron chi connectivity index (χ0n) is 12.0. The Balaban J connectivity index is 1.72. The molecule has 0 aliphatic rings. The van der Waals surface area contributed by atoms with E-state index in [-0.39, 0.29) is 5.91 Å². The maximum Gasteiger partial charge on any atom is 0.271 e. The lowest BCUT2D eigenvalue weighted by molar-refractivity contribution is 0.0935. The normalized spacial score (nSPS) is 12.1. The molecule has 0 saturated heterocycles. The maximum absolute atomic E-state index is 13.3. The first-order valence-corrected chi connectivity index (χ1v) is 8.61. The van der Waals surface area contributed by atoms with Crippen LogP contribution in [0.2, 0.25) is 0 Å². The van der Waals surface area contributed by atoms with E-state index in [1.165, 1.54) is 17.4 Å². The molecule has 7 heteroatoms. The fourth-order valence-electron chi connectivity index (χ4n) is 2.03. The highest BCUT2D eigenvalue weighted by Gasteiger charge is 2.16. The molecule has 0 radical (unpaired) electrons. The summed E-state index contributed by atoms with van der Waals surface area (Å²) in [7, 11) is 0. The van der Waals surface area contributed by atoms with E-state index < -0.39 is 17.7 Å². The van der Waals surface area contributed by atoms with Crippen LogP contribution in [0.25, 0.3) is 10.6 Å². The SMILES string of the molecule is CC(NC(=O)c1csc(-c2ccsc2)n1)c1ccc(F)c(F)c1. The molecule has 1 atom stereocenters. The second-order valence-electron chi connectivity index (χ2n) is 4.92. The van der Waals surface area contributed by atoms with E-state index in [1.54, 1.807) is 23.6 Å². The summed E-state index contributed by atoms with van der Waals surface area (Å²) in [5.74, 6) is -2.19. The highest BCUT2D eigenvalue weighted by molar-refractivity contribution is 7.14. The van der Waals surface area contributed by atoms with Gasteiger partial charge in [0.25, 0.3) is 5.91 Å². The third-order valence-corrected chi connectivity index (χ3v) is 4.87. The number of halogens is 2. The Kier molecular flexibility index (Phi) is 4.49. The van der Waals surface area contributed by atoms with Crippen molar-refractivity contribution in [3.63, 3.8) is 0 Å². The number of rotatable bonds is 4. The van der Waals surface area contributed by atoms with Crippen LogP contribution in [-0.2, 0) is 0 Å². The molecule has 0 saturated carbocycles. The largest absolute Gasteiger partial charge is 0.344 e. The van der Waals surface area contributed by atoms with E-state index in [2.05, 4.69) is 10.3 Å². The van der Waals surface area contributed by atoms with Crippen molar-refractivity contribution >= 4 is 28.6 Å². The molecule has 0 aliphatic heterocycles. The van der Waals surface area contributed by atoms with E-state index in [0.29, 0.717) is 11.3 Å². The molecule has 0 fully saturated rings. The number of carbonyl (C=O) groups excluding carboxylic acids is 1. The molecule has 1 amide bonds. The topological polar surface area (TPSA) is 42.0 Å².